The van der Waals surface area contributed by atoms with Gasteiger partial charge in [-0.2, -0.15) is 5.10 Å². The number of amides is 1. The van der Waals surface area contributed by atoms with Crippen LogP contribution in [0.5, 0.6) is 0 Å². The average molecular weight is 394 g/mol. The summed E-state index contributed by atoms with van der Waals surface area (Å²) in [6, 6.07) is 7.34. The van der Waals surface area contributed by atoms with E-state index in [0.29, 0.717) is 17.3 Å². The predicted octanol–water partition coefficient (Wildman–Crippen LogP) is 2.48. The van der Waals surface area contributed by atoms with E-state index in [9.17, 15) is 9.59 Å². The molecule has 0 aromatic carbocycles. The molecule has 4 rings (SSSR count). The number of aromatic nitrogens is 4. The third kappa shape index (κ3) is 4.18. The van der Waals surface area contributed by atoms with E-state index in [0.717, 1.165) is 36.4 Å². The second-order valence-corrected chi connectivity index (χ2v) is 6.95. The van der Waals surface area contributed by atoms with E-state index in [2.05, 4.69) is 25.3 Å². The van der Waals surface area contributed by atoms with Crippen molar-refractivity contribution in [3.63, 3.8) is 0 Å². The van der Waals surface area contributed by atoms with E-state index in [-0.39, 0.29) is 11.5 Å². The van der Waals surface area contributed by atoms with Crippen LogP contribution in [-0.4, -0.2) is 38.7 Å². The fourth-order valence-electron chi connectivity index (χ4n) is 3.31. The Kier molecular flexibility index (Phi) is 5.37. The van der Waals surface area contributed by atoms with Crippen molar-refractivity contribution in [1.29, 1.82) is 0 Å². The first-order chi connectivity index (χ1) is 14.1. The van der Waals surface area contributed by atoms with Gasteiger partial charge in [-0.3, -0.25) is 9.59 Å². The standard InChI is InChI=1S/C20H22N6O3/c1-14(26-19(27)8-7-15(24-26)16-6-5-11-29-16)20(28)23-17-12-18(22-13-21-17)25-9-3-2-4-10-25/h5-8,11-14H,2-4,9-10H2,1H3,(H,21,22,23,28). The normalized spacial score (nSPS) is 15.1. The summed E-state index contributed by atoms with van der Waals surface area (Å²) in [5.74, 6) is 1.32. The van der Waals surface area contributed by atoms with Crippen molar-refractivity contribution < 1.29 is 9.21 Å². The number of piperidine rings is 1. The lowest BCUT2D eigenvalue weighted by molar-refractivity contribution is -0.119. The molecule has 3 aromatic heterocycles. The highest BCUT2D eigenvalue weighted by Crippen LogP contribution is 2.20. The minimum atomic E-state index is -0.828. The topological polar surface area (TPSA) is 106 Å². The van der Waals surface area contributed by atoms with Gasteiger partial charge in [0.2, 0.25) is 5.91 Å². The highest BCUT2D eigenvalue weighted by Gasteiger charge is 2.20. The molecule has 1 N–H and O–H groups in total. The summed E-state index contributed by atoms with van der Waals surface area (Å²) >= 11 is 0. The van der Waals surface area contributed by atoms with Crippen LogP contribution in [-0.2, 0) is 4.79 Å². The molecule has 150 valence electrons. The lowest BCUT2D eigenvalue weighted by atomic mass is 10.1. The SMILES string of the molecule is CC(C(=O)Nc1cc(N2CCCCC2)ncn1)n1nc(-c2ccco2)ccc1=O. The van der Waals surface area contributed by atoms with Crippen molar-refractivity contribution in [1.82, 2.24) is 19.7 Å². The molecule has 1 fully saturated rings. The Morgan fingerprint density at radius 1 is 1.17 bits per heavy atom. The minimum Gasteiger partial charge on any atom is -0.463 e. The first-order valence-corrected chi connectivity index (χ1v) is 9.63. The van der Waals surface area contributed by atoms with Gasteiger partial charge in [0.25, 0.3) is 5.56 Å². The number of furan rings is 1. The molecule has 3 aromatic rings. The Balaban J connectivity index is 1.52. The Morgan fingerprint density at radius 2 is 2.00 bits per heavy atom. The fourth-order valence-corrected chi connectivity index (χ4v) is 3.31. The van der Waals surface area contributed by atoms with Crippen LogP contribution in [0, 0.1) is 0 Å². The molecule has 0 spiro atoms. The Bertz CT molecular complexity index is 1040. The van der Waals surface area contributed by atoms with Crippen LogP contribution < -0.4 is 15.8 Å². The maximum absolute atomic E-state index is 12.7. The lowest BCUT2D eigenvalue weighted by Crippen LogP contribution is -2.33. The van der Waals surface area contributed by atoms with Crippen LogP contribution in [0.3, 0.4) is 0 Å². The number of carbonyl (C=O) groups excluding carboxylic acids is 1. The number of hydrogen-bond acceptors (Lipinski definition) is 7. The quantitative estimate of drug-likeness (QED) is 0.708. The summed E-state index contributed by atoms with van der Waals surface area (Å²) in [7, 11) is 0. The molecule has 9 heteroatoms. The number of hydrogen-bond donors (Lipinski definition) is 1. The summed E-state index contributed by atoms with van der Waals surface area (Å²) in [6.07, 6.45) is 6.44. The molecule has 1 saturated heterocycles. The smallest absolute Gasteiger partial charge is 0.267 e. The third-order valence-corrected chi connectivity index (χ3v) is 4.93. The van der Waals surface area contributed by atoms with Crippen LogP contribution in [0.15, 0.2) is 52.1 Å². The molecular weight excluding hydrogens is 372 g/mol. The summed E-state index contributed by atoms with van der Waals surface area (Å²) in [5, 5.41) is 7.04. The molecule has 1 amide bonds. The lowest BCUT2D eigenvalue weighted by Gasteiger charge is -2.27. The van der Waals surface area contributed by atoms with Crippen LogP contribution >= 0.6 is 0 Å². The Hall–Kier alpha value is -3.49. The Labute approximate surface area is 167 Å². The molecule has 1 aliphatic rings. The molecule has 0 saturated carbocycles. The van der Waals surface area contributed by atoms with Gasteiger partial charge in [0.05, 0.1) is 6.26 Å². The molecule has 1 aliphatic heterocycles. The van der Waals surface area contributed by atoms with Crippen molar-refractivity contribution >= 4 is 17.5 Å². The number of rotatable bonds is 5. The van der Waals surface area contributed by atoms with E-state index in [1.54, 1.807) is 31.2 Å². The van der Waals surface area contributed by atoms with E-state index < -0.39 is 6.04 Å². The van der Waals surface area contributed by atoms with Gasteiger partial charge in [-0.1, -0.05) is 0 Å². The van der Waals surface area contributed by atoms with E-state index in [4.69, 9.17) is 4.42 Å². The molecule has 9 nitrogen and oxygen atoms in total. The van der Waals surface area contributed by atoms with Crippen LogP contribution in [0.25, 0.3) is 11.5 Å². The number of nitrogens with zero attached hydrogens (tertiary/aromatic N) is 5. The van der Waals surface area contributed by atoms with Crippen LogP contribution in [0.1, 0.15) is 32.2 Å². The fraction of sp³-hybridized carbons (Fsp3) is 0.350. The zero-order chi connectivity index (χ0) is 20.2. The zero-order valence-electron chi connectivity index (χ0n) is 16.1. The van der Waals surface area contributed by atoms with Gasteiger partial charge in [0, 0.05) is 25.2 Å². The molecule has 0 aliphatic carbocycles. The summed E-state index contributed by atoms with van der Waals surface area (Å²) in [6.45, 7) is 3.50. The van der Waals surface area contributed by atoms with Gasteiger partial charge in [-0.15, -0.1) is 0 Å². The monoisotopic (exact) mass is 394 g/mol. The largest absolute Gasteiger partial charge is 0.463 e. The van der Waals surface area contributed by atoms with Crippen molar-refractivity contribution in [3.05, 3.63) is 53.3 Å². The first kappa shape index (κ1) is 18.9. The number of carbonyl (C=O) groups is 1. The molecule has 0 bridgehead atoms. The minimum absolute atomic E-state index is 0.375. The van der Waals surface area contributed by atoms with Gasteiger partial charge >= 0.3 is 0 Å². The van der Waals surface area contributed by atoms with Crippen molar-refractivity contribution in [2.24, 2.45) is 0 Å². The molecular formula is C20H22N6O3. The molecule has 0 radical (unpaired) electrons. The van der Waals surface area contributed by atoms with E-state index >= 15 is 0 Å². The second-order valence-electron chi connectivity index (χ2n) is 6.95. The summed E-state index contributed by atoms with van der Waals surface area (Å²) in [5.41, 5.74) is 0.100. The third-order valence-electron chi connectivity index (χ3n) is 4.93. The second kappa shape index (κ2) is 8.26. The van der Waals surface area contributed by atoms with E-state index in [1.807, 2.05) is 0 Å². The van der Waals surface area contributed by atoms with Gasteiger partial charge in [-0.05, 0) is 44.4 Å². The molecule has 1 unspecified atom stereocenters. The zero-order valence-corrected chi connectivity index (χ0v) is 16.1. The summed E-state index contributed by atoms with van der Waals surface area (Å²) < 4.78 is 6.46. The summed E-state index contributed by atoms with van der Waals surface area (Å²) in [4.78, 5) is 35.6. The highest BCUT2D eigenvalue weighted by molar-refractivity contribution is 5.92. The average Bonchev–Trinajstić information content (AvgIpc) is 3.29. The van der Waals surface area contributed by atoms with Gasteiger partial charge in [0.15, 0.2) is 5.76 Å². The van der Waals surface area contributed by atoms with E-state index in [1.165, 1.54) is 25.1 Å². The van der Waals surface area contributed by atoms with Gasteiger partial charge in [0.1, 0.15) is 29.7 Å². The van der Waals surface area contributed by atoms with Gasteiger partial charge < -0.3 is 14.6 Å². The number of anilines is 2. The first-order valence-electron chi connectivity index (χ1n) is 9.63. The molecule has 4 heterocycles. The van der Waals surface area contributed by atoms with Crippen molar-refractivity contribution in [2.75, 3.05) is 23.3 Å². The predicted molar refractivity (Wildman–Crippen MR) is 108 cm³/mol. The molecule has 1 atom stereocenters. The Morgan fingerprint density at radius 3 is 2.76 bits per heavy atom. The maximum atomic E-state index is 12.7. The van der Waals surface area contributed by atoms with Crippen molar-refractivity contribution in [2.45, 2.75) is 32.2 Å². The highest BCUT2D eigenvalue weighted by atomic mass is 16.3. The van der Waals surface area contributed by atoms with Gasteiger partial charge in [-0.25, -0.2) is 14.6 Å². The molecule has 29 heavy (non-hydrogen) atoms. The van der Waals surface area contributed by atoms with Crippen molar-refractivity contribution in [3.8, 4) is 11.5 Å². The van der Waals surface area contributed by atoms with Crippen LogP contribution in [0.4, 0.5) is 11.6 Å². The van der Waals surface area contributed by atoms with Crippen LogP contribution in [0.2, 0.25) is 0 Å². The maximum Gasteiger partial charge on any atom is 0.267 e. The number of nitrogens with one attached hydrogen (secondary N) is 1.